The van der Waals surface area contributed by atoms with Gasteiger partial charge in [-0.2, -0.15) is 4.37 Å². The fraction of sp³-hybridized carbons (Fsp3) is 0.333. The Kier molecular flexibility index (Phi) is 3.16. The average molecular weight is 294 g/mol. The Labute approximate surface area is 118 Å². The van der Waals surface area contributed by atoms with E-state index in [4.69, 9.17) is 11.5 Å². The van der Waals surface area contributed by atoms with Gasteiger partial charge < -0.3 is 16.8 Å². The third-order valence-corrected chi connectivity index (χ3v) is 5.24. The van der Waals surface area contributed by atoms with Crippen LogP contribution in [0.2, 0.25) is 0 Å². The minimum absolute atomic E-state index is 0.202. The number of anilines is 2. The highest BCUT2D eigenvalue weighted by molar-refractivity contribution is 7.12. The molecule has 0 aliphatic heterocycles. The Bertz CT molecular complexity index is 610. The second-order valence-corrected chi connectivity index (χ2v) is 6.50. The van der Waals surface area contributed by atoms with Crippen molar-refractivity contribution in [3.05, 3.63) is 26.9 Å². The van der Waals surface area contributed by atoms with Crippen molar-refractivity contribution in [1.82, 2.24) is 4.37 Å². The van der Waals surface area contributed by atoms with Crippen LogP contribution in [-0.4, -0.2) is 10.3 Å². The number of thiophene rings is 1. The first-order chi connectivity index (χ1) is 9.15. The van der Waals surface area contributed by atoms with Crippen LogP contribution >= 0.6 is 22.9 Å². The Morgan fingerprint density at radius 3 is 3.05 bits per heavy atom. The van der Waals surface area contributed by atoms with Gasteiger partial charge in [0.1, 0.15) is 10.6 Å². The van der Waals surface area contributed by atoms with Gasteiger partial charge in [0.25, 0.3) is 5.91 Å². The number of carbonyl (C=O) groups excluding carboxylic acids is 1. The molecule has 19 heavy (non-hydrogen) atoms. The monoisotopic (exact) mass is 294 g/mol. The highest BCUT2D eigenvalue weighted by atomic mass is 32.1. The summed E-state index contributed by atoms with van der Waals surface area (Å²) in [5.74, 6) is -0.337. The van der Waals surface area contributed by atoms with Gasteiger partial charge in [0, 0.05) is 9.75 Å². The molecule has 5 N–H and O–H groups in total. The van der Waals surface area contributed by atoms with Crippen molar-refractivity contribution in [2.45, 2.75) is 25.8 Å². The number of fused-ring (bicyclic) bond motifs is 1. The van der Waals surface area contributed by atoms with Gasteiger partial charge in [-0.1, -0.05) is 0 Å². The van der Waals surface area contributed by atoms with Gasteiger partial charge in [-0.05, 0) is 42.4 Å². The highest BCUT2D eigenvalue weighted by Gasteiger charge is 2.18. The summed E-state index contributed by atoms with van der Waals surface area (Å²) in [4.78, 5) is 14.1. The number of carbonyl (C=O) groups is 1. The number of aromatic nitrogens is 1. The van der Waals surface area contributed by atoms with Crippen molar-refractivity contribution in [3.63, 3.8) is 0 Å². The van der Waals surface area contributed by atoms with Crippen molar-refractivity contribution in [2.75, 3.05) is 11.1 Å². The molecule has 0 radical (unpaired) electrons. The molecule has 2 aromatic rings. The summed E-state index contributed by atoms with van der Waals surface area (Å²) in [5, 5.41) is 3.86. The maximum absolute atomic E-state index is 11.3. The second-order valence-electron chi connectivity index (χ2n) is 4.50. The first-order valence-electron chi connectivity index (χ1n) is 6.04. The molecule has 2 heterocycles. The minimum Gasteiger partial charge on any atom is -0.382 e. The molecule has 1 amide bonds. The molecule has 100 valence electrons. The molecule has 0 atom stereocenters. The van der Waals surface area contributed by atoms with Gasteiger partial charge in [0.2, 0.25) is 0 Å². The predicted octanol–water partition coefficient (Wildman–Crippen LogP) is 1.99. The van der Waals surface area contributed by atoms with Gasteiger partial charge in [0.05, 0.1) is 6.54 Å². The van der Waals surface area contributed by atoms with Crippen molar-refractivity contribution in [2.24, 2.45) is 5.73 Å². The number of nitrogen functional groups attached to an aromatic ring is 1. The molecule has 0 unspecified atom stereocenters. The number of nitrogens with zero attached hydrogens (tertiary/aromatic N) is 1. The van der Waals surface area contributed by atoms with Crippen LogP contribution in [0.3, 0.4) is 0 Å². The van der Waals surface area contributed by atoms with E-state index in [2.05, 4.69) is 15.8 Å². The maximum Gasteiger partial charge on any atom is 0.255 e. The number of amides is 1. The number of hydrogen-bond donors (Lipinski definition) is 3. The van der Waals surface area contributed by atoms with E-state index in [1.807, 2.05) is 11.3 Å². The van der Waals surface area contributed by atoms with Crippen LogP contribution < -0.4 is 16.8 Å². The fourth-order valence-electron chi connectivity index (χ4n) is 2.31. The summed E-state index contributed by atoms with van der Waals surface area (Å²) in [6.45, 7) is 0.680. The summed E-state index contributed by atoms with van der Waals surface area (Å²) in [6.07, 6.45) is 3.65. The van der Waals surface area contributed by atoms with E-state index in [9.17, 15) is 4.79 Å². The number of nitrogens with two attached hydrogens (primary N) is 2. The molecule has 1 aliphatic rings. The molecule has 0 fully saturated rings. The normalized spacial score (nSPS) is 13.5. The topological polar surface area (TPSA) is 94.0 Å². The molecule has 0 aromatic carbocycles. The van der Waals surface area contributed by atoms with E-state index in [0.29, 0.717) is 17.1 Å². The average Bonchev–Trinajstić information content (AvgIpc) is 2.99. The van der Waals surface area contributed by atoms with E-state index in [1.165, 1.54) is 46.1 Å². The van der Waals surface area contributed by atoms with E-state index < -0.39 is 5.91 Å². The summed E-state index contributed by atoms with van der Waals surface area (Å²) in [5.41, 5.74) is 12.7. The summed E-state index contributed by atoms with van der Waals surface area (Å²) >= 11 is 3.01. The molecule has 5 nitrogen and oxygen atoms in total. The van der Waals surface area contributed by atoms with Crippen LogP contribution in [0.25, 0.3) is 0 Å². The third-order valence-electron chi connectivity index (χ3n) is 3.19. The molecule has 2 aromatic heterocycles. The zero-order valence-corrected chi connectivity index (χ0v) is 11.9. The fourth-order valence-corrected chi connectivity index (χ4v) is 4.22. The molecular formula is C12H14N4OS2. The Morgan fingerprint density at radius 2 is 2.32 bits per heavy atom. The standard InChI is InChI=1S/C12H14N4OS2/c13-10-9(11(14)17)12(19-16-10)15-5-7-4-6-2-1-3-8(6)18-7/h4,15H,1-3,5H2,(H2,13,16)(H2,14,17). The zero-order chi connectivity index (χ0) is 13.4. The lowest BCUT2D eigenvalue weighted by Crippen LogP contribution is -2.14. The van der Waals surface area contributed by atoms with E-state index in [-0.39, 0.29) is 5.82 Å². The van der Waals surface area contributed by atoms with Crippen LogP contribution in [0.1, 0.15) is 32.1 Å². The van der Waals surface area contributed by atoms with E-state index in [1.54, 1.807) is 0 Å². The van der Waals surface area contributed by atoms with Crippen LogP contribution in [0, 0.1) is 0 Å². The number of nitrogens with one attached hydrogen (secondary N) is 1. The van der Waals surface area contributed by atoms with Crippen molar-refractivity contribution in [1.29, 1.82) is 0 Å². The van der Waals surface area contributed by atoms with Crippen LogP contribution in [0.5, 0.6) is 0 Å². The maximum atomic E-state index is 11.3. The van der Waals surface area contributed by atoms with Gasteiger partial charge in [-0.15, -0.1) is 11.3 Å². The Hall–Kier alpha value is -1.60. The quantitative estimate of drug-likeness (QED) is 0.803. The molecule has 0 saturated carbocycles. The van der Waals surface area contributed by atoms with Crippen LogP contribution in [0.4, 0.5) is 10.8 Å². The first-order valence-corrected chi connectivity index (χ1v) is 7.63. The zero-order valence-electron chi connectivity index (χ0n) is 10.2. The molecular weight excluding hydrogens is 280 g/mol. The third kappa shape index (κ3) is 2.31. The molecule has 1 aliphatic carbocycles. The van der Waals surface area contributed by atoms with E-state index in [0.717, 1.165) is 0 Å². The van der Waals surface area contributed by atoms with Crippen LogP contribution in [0.15, 0.2) is 6.07 Å². The number of aryl methyl sites for hydroxylation is 2. The predicted molar refractivity (Wildman–Crippen MR) is 78.7 cm³/mol. The van der Waals surface area contributed by atoms with Gasteiger partial charge in [0.15, 0.2) is 5.82 Å². The van der Waals surface area contributed by atoms with Crippen molar-refractivity contribution in [3.8, 4) is 0 Å². The Balaban J connectivity index is 1.73. The lowest BCUT2D eigenvalue weighted by atomic mass is 10.2. The largest absolute Gasteiger partial charge is 0.382 e. The molecule has 3 rings (SSSR count). The lowest BCUT2D eigenvalue weighted by molar-refractivity contribution is 0.100. The van der Waals surface area contributed by atoms with Gasteiger partial charge >= 0.3 is 0 Å². The smallest absolute Gasteiger partial charge is 0.255 e. The molecule has 0 saturated heterocycles. The lowest BCUT2D eigenvalue weighted by Gasteiger charge is -2.03. The van der Waals surface area contributed by atoms with Crippen LogP contribution in [-0.2, 0) is 19.4 Å². The van der Waals surface area contributed by atoms with Crippen molar-refractivity contribution < 1.29 is 4.79 Å². The first kappa shape index (κ1) is 12.4. The summed E-state index contributed by atoms with van der Waals surface area (Å²) < 4.78 is 3.96. The van der Waals surface area contributed by atoms with E-state index >= 15 is 0 Å². The number of rotatable bonds is 4. The molecule has 7 heteroatoms. The number of hydrogen-bond acceptors (Lipinski definition) is 6. The Morgan fingerprint density at radius 1 is 1.47 bits per heavy atom. The SMILES string of the molecule is NC(=O)c1c(N)nsc1NCc1cc2c(s1)CCC2. The highest BCUT2D eigenvalue weighted by Crippen LogP contribution is 2.32. The number of primary amides is 1. The molecule has 0 bridgehead atoms. The summed E-state index contributed by atoms with van der Waals surface area (Å²) in [7, 11) is 0. The minimum atomic E-state index is -0.539. The van der Waals surface area contributed by atoms with Gasteiger partial charge in [-0.25, -0.2) is 0 Å². The van der Waals surface area contributed by atoms with Gasteiger partial charge in [-0.3, -0.25) is 4.79 Å². The summed E-state index contributed by atoms with van der Waals surface area (Å²) in [6, 6.07) is 2.24. The van der Waals surface area contributed by atoms with Crippen molar-refractivity contribution >= 4 is 39.6 Å². The molecule has 0 spiro atoms. The second kappa shape index (κ2) is 4.82.